The Hall–Kier alpha value is -3.65. The highest BCUT2D eigenvalue weighted by Crippen LogP contribution is 2.29. The van der Waals surface area contributed by atoms with E-state index in [0.717, 1.165) is 67.0 Å². The predicted octanol–water partition coefficient (Wildman–Crippen LogP) is 5.36. The number of aryl methyl sites for hydroxylation is 3. The average Bonchev–Trinajstić information content (AvgIpc) is 3.64. The van der Waals surface area contributed by atoms with E-state index in [0.29, 0.717) is 5.82 Å². The van der Waals surface area contributed by atoms with Crippen LogP contribution in [0.3, 0.4) is 0 Å². The van der Waals surface area contributed by atoms with Gasteiger partial charge in [0.1, 0.15) is 5.82 Å². The van der Waals surface area contributed by atoms with E-state index in [1.807, 2.05) is 29.5 Å². The molecule has 0 fully saturated rings. The van der Waals surface area contributed by atoms with E-state index in [-0.39, 0.29) is 0 Å². The summed E-state index contributed by atoms with van der Waals surface area (Å²) >= 11 is 1.82. The van der Waals surface area contributed by atoms with Gasteiger partial charge in [-0.2, -0.15) is 10.3 Å². The molecule has 34 heavy (non-hydrogen) atoms. The minimum atomic E-state index is 0.595. The fourth-order valence-corrected chi connectivity index (χ4v) is 4.86. The zero-order valence-electron chi connectivity index (χ0n) is 19.2. The molecule has 0 bridgehead atoms. The number of hydrogen-bond donors (Lipinski definition) is 1. The molecule has 5 rings (SSSR count). The number of H-pyrrole nitrogens is 1. The number of aromatic amines is 1. The van der Waals surface area contributed by atoms with E-state index in [2.05, 4.69) is 80.1 Å². The molecule has 2 aromatic carbocycles. The smallest absolute Gasteiger partial charge is 0.205 e. The lowest BCUT2D eigenvalue weighted by Gasteiger charge is -2.09. The molecule has 172 valence electrons. The Morgan fingerprint density at radius 3 is 2.50 bits per heavy atom. The summed E-state index contributed by atoms with van der Waals surface area (Å²) in [6.07, 6.45) is 5.06. The second-order valence-electron chi connectivity index (χ2n) is 8.26. The Bertz CT molecular complexity index is 1310. The highest BCUT2D eigenvalue weighted by molar-refractivity contribution is 7.09. The number of thiophene rings is 1. The molecule has 0 aliphatic heterocycles. The predicted molar refractivity (Wildman–Crippen MR) is 135 cm³/mol. The van der Waals surface area contributed by atoms with Gasteiger partial charge in [0.2, 0.25) is 5.82 Å². The van der Waals surface area contributed by atoms with Crippen LogP contribution in [0.25, 0.3) is 22.5 Å². The summed E-state index contributed by atoms with van der Waals surface area (Å²) in [4.78, 5) is 6.28. The van der Waals surface area contributed by atoms with E-state index < -0.39 is 0 Å². The highest BCUT2D eigenvalue weighted by Gasteiger charge is 2.12. The molecule has 0 amide bonds. The third-order valence-corrected chi connectivity index (χ3v) is 6.72. The van der Waals surface area contributed by atoms with Crippen LogP contribution in [0.15, 0.2) is 66.0 Å². The first-order valence-corrected chi connectivity index (χ1v) is 12.5. The largest absolute Gasteiger partial charge is 0.245 e. The first-order chi connectivity index (χ1) is 16.8. The van der Waals surface area contributed by atoms with Crippen molar-refractivity contribution in [2.24, 2.45) is 0 Å². The molecule has 0 saturated heterocycles. The molecule has 0 saturated carbocycles. The van der Waals surface area contributed by atoms with Crippen molar-refractivity contribution in [1.82, 2.24) is 35.4 Å². The standard InChI is InChI=1S/C26H27N7S/c1-2-7-25-27-24(12-5-8-21-9-6-17-34-21)30-33(25)18-19-13-15-20(16-14-19)22-10-3-4-11-23(22)26-28-31-32-29-26/h3-4,6,9-11,13-17H,2,5,7-8,12,18H2,1H3,(H,28,29,31,32). The van der Waals surface area contributed by atoms with Crippen molar-refractivity contribution in [3.05, 3.63) is 88.1 Å². The molecule has 0 unspecified atom stereocenters. The third-order valence-electron chi connectivity index (χ3n) is 5.78. The maximum Gasteiger partial charge on any atom is 0.205 e. The summed E-state index contributed by atoms with van der Waals surface area (Å²) in [6, 6.07) is 21.0. The monoisotopic (exact) mass is 469 g/mol. The molecular weight excluding hydrogens is 442 g/mol. The summed E-state index contributed by atoms with van der Waals surface area (Å²) in [5.74, 6) is 2.61. The molecule has 0 aliphatic rings. The van der Waals surface area contributed by atoms with Crippen LogP contribution < -0.4 is 0 Å². The van der Waals surface area contributed by atoms with E-state index in [1.54, 1.807) is 0 Å². The molecule has 0 radical (unpaired) electrons. The minimum Gasteiger partial charge on any atom is -0.245 e. The van der Waals surface area contributed by atoms with Gasteiger partial charge in [-0.05, 0) is 52.6 Å². The average molecular weight is 470 g/mol. The van der Waals surface area contributed by atoms with Gasteiger partial charge in [0.05, 0.1) is 6.54 Å². The Morgan fingerprint density at radius 2 is 1.76 bits per heavy atom. The Morgan fingerprint density at radius 1 is 0.912 bits per heavy atom. The summed E-state index contributed by atoms with van der Waals surface area (Å²) < 4.78 is 2.08. The van der Waals surface area contributed by atoms with Crippen molar-refractivity contribution in [2.45, 2.75) is 45.6 Å². The van der Waals surface area contributed by atoms with Gasteiger partial charge in [-0.25, -0.2) is 9.67 Å². The molecule has 0 spiro atoms. The van der Waals surface area contributed by atoms with Gasteiger partial charge in [-0.3, -0.25) is 0 Å². The first kappa shape index (κ1) is 22.2. The molecule has 7 nitrogen and oxygen atoms in total. The van der Waals surface area contributed by atoms with E-state index in [1.165, 1.54) is 10.4 Å². The van der Waals surface area contributed by atoms with Crippen molar-refractivity contribution < 1.29 is 0 Å². The molecule has 3 aromatic heterocycles. The SMILES string of the molecule is CCCc1nc(CCCc2cccs2)nn1Cc1ccc(-c2ccccc2-c2nn[nH]n2)cc1. The number of rotatable bonds is 10. The van der Waals surface area contributed by atoms with Crippen LogP contribution >= 0.6 is 11.3 Å². The van der Waals surface area contributed by atoms with Crippen molar-refractivity contribution >= 4 is 11.3 Å². The van der Waals surface area contributed by atoms with Gasteiger partial charge in [-0.15, -0.1) is 21.5 Å². The van der Waals surface area contributed by atoms with Crippen LogP contribution in [0.4, 0.5) is 0 Å². The lowest BCUT2D eigenvalue weighted by molar-refractivity contribution is 0.622. The molecule has 1 N–H and O–H groups in total. The second kappa shape index (κ2) is 10.5. The van der Waals surface area contributed by atoms with Crippen molar-refractivity contribution in [2.75, 3.05) is 0 Å². The number of hydrogen-bond acceptors (Lipinski definition) is 6. The van der Waals surface area contributed by atoms with Crippen LogP contribution in [0.5, 0.6) is 0 Å². The maximum atomic E-state index is 4.85. The van der Waals surface area contributed by atoms with Gasteiger partial charge in [0.25, 0.3) is 0 Å². The number of tetrazole rings is 1. The number of nitrogens with zero attached hydrogens (tertiary/aromatic N) is 6. The van der Waals surface area contributed by atoms with Crippen LogP contribution in [0.2, 0.25) is 0 Å². The zero-order chi connectivity index (χ0) is 23.2. The molecule has 0 atom stereocenters. The van der Waals surface area contributed by atoms with E-state index >= 15 is 0 Å². The van der Waals surface area contributed by atoms with E-state index in [9.17, 15) is 0 Å². The van der Waals surface area contributed by atoms with Gasteiger partial charge in [0.15, 0.2) is 5.82 Å². The number of benzene rings is 2. The lowest BCUT2D eigenvalue weighted by atomic mass is 9.98. The Balaban J connectivity index is 1.30. The topological polar surface area (TPSA) is 85.2 Å². The van der Waals surface area contributed by atoms with Crippen molar-refractivity contribution in [1.29, 1.82) is 0 Å². The molecule has 8 heteroatoms. The lowest BCUT2D eigenvalue weighted by Crippen LogP contribution is -2.07. The fraction of sp³-hybridized carbons (Fsp3) is 0.269. The Kier molecular flexibility index (Phi) is 6.86. The highest BCUT2D eigenvalue weighted by atomic mass is 32.1. The maximum absolute atomic E-state index is 4.85. The summed E-state index contributed by atoms with van der Waals surface area (Å²) in [5, 5.41) is 21.5. The summed E-state index contributed by atoms with van der Waals surface area (Å²) in [7, 11) is 0. The summed E-state index contributed by atoms with van der Waals surface area (Å²) in [5.41, 5.74) is 4.35. The second-order valence-corrected chi connectivity index (χ2v) is 9.29. The quantitative estimate of drug-likeness (QED) is 0.297. The van der Waals surface area contributed by atoms with Gasteiger partial charge in [0, 0.05) is 23.3 Å². The van der Waals surface area contributed by atoms with E-state index in [4.69, 9.17) is 10.1 Å². The first-order valence-electron chi connectivity index (χ1n) is 11.7. The van der Waals surface area contributed by atoms with Crippen LogP contribution in [-0.2, 0) is 25.8 Å². The normalized spacial score (nSPS) is 11.2. The van der Waals surface area contributed by atoms with Gasteiger partial charge in [-0.1, -0.05) is 61.5 Å². The molecule has 5 aromatic rings. The van der Waals surface area contributed by atoms with Crippen molar-refractivity contribution in [3.63, 3.8) is 0 Å². The Labute approximate surface area is 202 Å². The molecular formula is C26H27N7S. The number of nitrogens with one attached hydrogen (secondary N) is 1. The number of aromatic nitrogens is 7. The van der Waals surface area contributed by atoms with Crippen LogP contribution in [0.1, 0.15) is 41.9 Å². The summed E-state index contributed by atoms with van der Waals surface area (Å²) in [6.45, 7) is 2.91. The molecule has 0 aliphatic carbocycles. The fourth-order valence-electron chi connectivity index (χ4n) is 4.11. The molecule has 3 heterocycles. The van der Waals surface area contributed by atoms with Gasteiger partial charge >= 0.3 is 0 Å². The van der Waals surface area contributed by atoms with Gasteiger partial charge < -0.3 is 0 Å². The van der Waals surface area contributed by atoms with Crippen molar-refractivity contribution in [3.8, 4) is 22.5 Å². The zero-order valence-corrected chi connectivity index (χ0v) is 20.0. The van der Waals surface area contributed by atoms with Crippen LogP contribution in [0, 0.1) is 0 Å². The minimum absolute atomic E-state index is 0.595. The van der Waals surface area contributed by atoms with Crippen LogP contribution in [-0.4, -0.2) is 35.4 Å². The third kappa shape index (κ3) is 5.12.